The third kappa shape index (κ3) is 3.57. The van der Waals surface area contributed by atoms with E-state index in [1.54, 1.807) is 0 Å². The van der Waals surface area contributed by atoms with Crippen molar-refractivity contribution in [1.29, 1.82) is 0 Å². The van der Waals surface area contributed by atoms with Crippen LogP contribution in [0.5, 0.6) is 0 Å². The molecule has 5 nitrogen and oxygen atoms in total. The number of carbonyl (C=O) groups is 1. The Morgan fingerprint density at radius 1 is 1.25 bits per heavy atom. The van der Waals surface area contributed by atoms with Gasteiger partial charge in [-0.1, -0.05) is 41.4 Å². The Labute approximate surface area is 144 Å². The molecule has 0 heterocycles. The molecule has 0 saturated heterocycles. The van der Waals surface area contributed by atoms with Gasteiger partial charge in [0.1, 0.15) is 5.02 Å². The second kappa shape index (κ2) is 6.61. The van der Waals surface area contributed by atoms with E-state index in [1.807, 2.05) is 31.2 Å². The molecular weight excluding hydrogens is 328 g/mol. The normalized spacial score (nSPS) is 14.9. The monoisotopic (exact) mass is 344 g/mol. The molecule has 24 heavy (non-hydrogen) atoms. The van der Waals surface area contributed by atoms with Crippen molar-refractivity contribution in [3.63, 3.8) is 0 Å². The predicted octanol–water partition coefficient (Wildman–Crippen LogP) is 4.44. The minimum atomic E-state index is -0.586. The summed E-state index contributed by atoms with van der Waals surface area (Å²) >= 11 is 5.80. The lowest BCUT2D eigenvalue weighted by Gasteiger charge is -2.19. The van der Waals surface area contributed by atoms with E-state index >= 15 is 0 Å². The molecule has 0 spiro atoms. The summed E-state index contributed by atoms with van der Waals surface area (Å²) in [5, 5.41) is 14.0. The number of nitrogens with one attached hydrogen (secondary N) is 1. The Morgan fingerprint density at radius 2 is 1.92 bits per heavy atom. The van der Waals surface area contributed by atoms with Crippen LogP contribution in [0.1, 0.15) is 40.4 Å². The molecule has 0 aliphatic heterocycles. The first-order valence-corrected chi connectivity index (χ1v) is 8.15. The largest absolute Gasteiger partial charge is 0.345 e. The van der Waals surface area contributed by atoms with Gasteiger partial charge >= 0.3 is 0 Å². The molecule has 1 aliphatic rings. The van der Waals surface area contributed by atoms with Crippen LogP contribution in [0.4, 0.5) is 5.69 Å². The van der Waals surface area contributed by atoms with E-state index in [0.29, 0.717) is 5.92 Å². The van der Waals surface area contributed by atoms with Crippen molar-refractivity contribution in [1.82, 2.24) is 5.32 Å². The summed E-state index contributed by atoms with van der Waals surface area (Å²) < 4.78 is 0. The quantitative estimate of drug-likeness (QED) is 0.643. The summed E-state index contributed by atoms with van der Waals surface area (Å²) in [6, 6.07) is 12.1. The Balaban J connectivity index is 1.83. The highest BCUT2D eigenvalue weighted by Crippen LogP contribution is 2.41. The number of halogens is 1. The van der Waals surface area contributed by atoms with Crippen molar-refractivity contribution < 1.29 is 9.72 Å². The van der Waals surface area contributed by atoms with Crippen molar-refractivity contribution in [3.8, 4) is 0 Å². The average molecular weight is 345 g/mol. The minimum absolute atomic E-state index is 0.0221. The van der Waals surface area contributed by atoms with Crippen LogP contribution in [0.25, 0.3) is 0 Å². The van der Waals surface area contributed by atoms with Crippen LogP contribution in [-0.4, -0.2) is 10.8 Å². The summed E-state index contributed by atoms with van der Waals surface area (Å²) in [5.74, 6) is 0.0891. The highest BCUT2D eigenvalue weighted by molar-refractivity contribution is 6.32. The smallest absolute Gasteiger partial charge is 0.288 e. The zero-order valence-electron chi connectivity index (χ0n) is 13.2. The number of carbonyl (C=O) groups excluding carboxylic acids is 1. The van der Waals surface area contributed by atoms with Crippen LogP contribution >= 0.6 is 11.6 Å². The molecule has 0 unspecified atom stereocenters. The highest BCUT2D eigenvalue weighted by atomic mass is 35.5. The summed E-state index contributed by atoms with van der Waals surface area (Å²) in [6.07, 6.45) is 2.14. The molecule has 1 amide bonds. The van der Waals surface area contributed by atoms with E-state index in [-0.39, 0.29) is 28.2 Å². The topological polar surface area (TPSA) is 72.2 Å². The summed E-state index contributed by atoms with van der Waals surface area (Å²) in [6.45, 7) is 2.02. The van der Waals surface area contributed by atoms with E-state index in [9.17, 15) is 14.9 Å². The van der Waals surface area contributed by atoms with Gasteiger partial charge in [0.25, 0.3) is 11.6 Å². The van der Waals surface area contributed by atoms with Crippen LogP contribution in [0.15, 0.2) is 42.5 Å². The summed E-state index contributed by atoms with van der Waals surface area (Å²) in [4.78, 5) is 22.9. The van der Waals surface area contributed by atoms with Crippen molar-refractivity contribution >= 4 is 23.2 Å². The Kier molecular flexibility index (Phi) is 4.53. The fraction of sp³-hybridized carbons (Fsp3) is 0.278. The van der Waals surface area contributed by atoms with Gasteiger partial charge < -0.3 is 5.32 Å². The number of nitro benzene ring substituents is 1. The van der Waals surface area contributed by atoms with Gasteiger partial charge in [-0.3, -0.25) is 14.9 Å². The number of aryl methyl sites for hydroxylation is 1. The molecule has 1 atom stereocenters. The van der Waals surface area contributed by atoms with E-state index in [4.69, 9.17) is 11.6 Å². The van der Waals surface area contributed by atoms with Gasteiger partial charge in [0, 0.05) is 11.6 Å². The van der Waals surface area contributed by atoms with E-state index in [2.05, 4.69) is 5.32 Å². The molecule has 1 N–H and O–H groups in total. The lowest BCUT2D eigenvalue weighted by atomic mass is 10.0. The number of amides is 1. The highest BCUT2D eigenvalue weighted by Gasteiger charge is 2.33. The molecule has 1 saturated carbocycles. The van der Waals surface area contributed by atoms with Crippen LogP contribution in [0, 0.1) is 23.0 Å². The number of rotatable bonds is 5. The second-order valence-corrected chi connectivity index (χ2v) is 6.53. The molecule has 124 valence electrons. The first-order chi connectivity index (χ1) is 11.5. The van der Waals surface area contributed by atoms with Crippen molar-refractivity contribution in [3.05, 3.63) is 74.3 Å². The second-order valence-electron chi connectivity index (χ2n) is 6.12. The molecular formula is C18H17ClN2O3. The fourth-order valence-corrected chi connectivity index (χ4v) is 2.88. The average Bonchev–Trinajstić information content (AvgIpc) is 3.38. The minimum Gasteiger partial charge on any atom is -0.345 e. The number of nitro groups is 1. The zero-order chi connectivity index (χ0) is 17.3. The Morgan fingerprint density at radius 3 is 2.50 bits per heavy atom. The molecule has 1 aliphatic carbocycles. The molecule has 2 aromatic carbocycles. The lowest BCUT2D eigenvalue weighted by Crippen LogP contribution is -2.29. The predicted molar refractivity (Wildman–Crippen MR) is 92.2 cm³/mol. The maximum Gasteiger partial charge on any atom is 0.288 e. The van der Waals surface area contributed by atoms with Gasteiger partial charge in [0.15, 0.2) is 0 Å². The van der Waals surface area contributed by atoms with E-state index in [1.165, 1.54) is 18.2 Å². The molecule has 0 radical (unpaired) electrons. The van der Waals surface area contributed by atoms with Crippen LogP contribution < -0.4 is 5.32 Å². The van der Waals surface area contributed by atoms with Gasteiger partial charge in [-0.25, -0.2) is 0 Å². The fourth-order valence-electron chi connectivity index (χ4n) is 2.70. The van der Waals surface area contributed by atoms with E-state index in [0.717, 1.165) is 24.0 Å². The molecule has 0 aromatic heterocycles. The van der Waals surface area contributed by atoms with Crippen molar-refractivity contribution in [2.24, 2.45) is 5.92 Å². The maximum atomic E-state index is 12.5. The molecule has 2 aromatic rings. The summed E-state index contributed by atoms with van der Waals surface area (Å²) in [7, 11) is 0. The third-order valence-electron chi connectivity index (χ3n) is 4.22. The number of hydrogen-bond acceptors (Lipinski definition) is 3. The van der Waals surface area contributed by atoms with Gasteiger partial charge in [-0.05, 0) is 43.4 Å². The van der Waals surface area contributed by atoms with Crippen LogP contribution in [0.3, 0.4) is 0 Å². The molecule has 6 heteroatoms. The Hall–Kier alpha value is -2.40. The number of hydrogen-bond donors (Lipinski definition) is 1. The van der Waals surface area contributed by atoms with Gasteiger partial charge in [-0.15, -0.1) is 0 Å². The van der Waals surface area contributed by atoms with Gasteiger partial charge in [0.05, 0.1) is 11.0 Å². The molecule has 0 bridgehead atoms. The number of nitrogens with zero attached hydrogens (tertiary/aromatic N) is 1. The maximum absolute atomic E-state index is 12.5. The van der Waals surface area contributed by atoms with Crippen molar-refractivity contribution in [2.45, 2.75) is 25.8 Å². The van der Waals surface area contributed by atoms with Gasteiger partial charge in [-0.2, -0.15) is 0 Å². The van der Waals surface area contributed by atoms with Gasteiger partial charge in [0.2, 0.25) is 0 Å². The number of benzene rings is 2. The summed E-state index contributed by atoms with van der Waals surface area (Å²) in [5.41, 5.74) is 2.19. The first-order valence-electron chi connectivity index (χ1n) is 7.77. The molecule has 3 rings (SSSR count). The van der Waals surface area contributed by atoms with Crippen molar-refractivity contribution in [2.75, 3.05) is 0 Å². The third-order valence-corrected chi connectivity index (χ3v) is 4.54. The standard InChI is InChI=1S/C18H17ClN2O3/c1-11-2-4-12(5-3-11)17(13-6-7-13)20-18(22)14-8-9-15(19)16(10-14)21(23)24/h2-5,8-10,13,17H,6-7H2,1H3,(H,20,22)/t17-/m1/s1. The SMILES string of the molecule is Cc1ccc([C@@H](NC(=O)c2ccc(Cl)c([N+](=O)[O-])c2)C2CC2)cc1. The van der Waals surface area contributed by atoms with Crippen LogP contribution in [0.2, 0.25) is 5.02 Å². The lowest BCUT2D eigenvalue weighted by molar-refractivity contribution is -0.384. The molecule has 1 fully saturated rings. The first kappa shape index (κ1) is 16.5. The van der Waals surface area contributed by atoms with E-state index < -0.39 is 4.92 Å². The zero-order valence-corrected chi connectivity index (χ0v) is 13.9. The Bertz CT molecular complexity index is 785. The van der Waals surface area contributed by atoms with Crippen LogP contribution in [-0.2, 0) is 0 Å².